The first-order valence-electron chi connectivity index (χ1n) is 3.36. The van der Waals surface area contributed by atoms with Crippen molar-refractivity contribution in [3.05, 3.63) is 28.2 Å². The number of aromatic hydroxyl groups is 1. The molecule has 0 aliphatic rings. The second-order valence-corrected chi connectivity index (χ2v) is 3.45. The van der Waals surface area contributed by atoms with Crippen LogP contribution in [0.25, 0.3) is 5.88 Å². The molecule has 2 aromatic heterocycles. The van der Waals surface area contributed by atoms with Gasteiger partial charge in [-0.3, -0.25) is 0 Å². The molecule has 0 atom stereocenters. The molecular weight excluding hydrogens is 259 g/mol. The van der Waals surface area contributed by atoms with Crippen LogP contribution < -0.4 is 0 Å². The fourth-order valence-corrected chi connectivity index (χ4v) is 1.37. The minimum atomic E-state index is -0.0748. The van der Waals surface area contributed by atoms with E-state index in [1.54, 1.807) is 12.1 Å². The number of halogens is 2. The van der Waals surface area contributed by atoms with Gasteiger partial charge in [-0.05, 0) is 22.0 Å². The van der Waals surface area contributed by atoms with Gasteiger partial charge in [0.25, 0.3) is 0 Å². The summed E-state index contributed by atoms with van der Waals surface area (Å²) in [7, 11) is 0. The zero-order chi connectivity index (χ0) is 9.42. The highest BCUT2D eigenvalue weighted by Gasteiger charge is 2.11. The van der Waals surface area contributed by atoms with Gasteiger partial charge in [-0.25, -0.2) is 0 Å². The molecule has 68 valence electrons. The molecule has 2 aromatic rings. The average Bonchev–Trinajstić information content (AvgIpc) is 2.62. The Morgan fingerprint density at radius 2 is 2.31 bits per heavy atom. The standard InChI is InChI=1S/C7H4BrClN2O2/c8-5-1-2-6(13-5)11-7(9)4(12)3-10-11/h1-3,12H. The highest BCUT2D eigenvalue weighted by Crippen LogP contribution is 2.26. The van der Waals surface area contributed by atoms with Crippen molar-refractivity contribution in [2.24, 2.45) is 0 Å². The molecule has 0 fully saturated rings. The smallest absolute Gasteiger partial charge is 0.222 e. The zero-order valence-electron chi connectivity index (χ0n) is 6.24. The molecule has 4 nitrogen and oxygen atoms in total. The van der Waals surface area contributed by atoms with Gasteiger partial charge in [-0.1, -0.05) is 11.6 Å². The molecular formula is C7H4BrClN2O2. The summed E-state index contributed by atoms with van der Waals surface area (Å²) in [5.41, 5.74) is 0. The summed E-state index contributed by atoms with van der Waals surface area (Å²) in [6, 6.07) is 3.40. The lowest BCUT2D eigenvalue weighted by Gasteiger charge is -1.95. The maximum absolute atomic E-state index is 9.14. The van der Waals surface area contributed by atoms with Gasteiger partial charge in [0.2, 0.25) is 5.88 Å². The quantitative estimate of drug-likeness (QED) is 0.860. The Balaban J connectivity index is 2.52. The molecule has 2 rings (SSSR count). The Morgan fingerprint density at radius 3 is 2.77 bits per heavy atom. The molecule has 13 heavy (non-hydrogen) atoms. The van der Waals surface area contributed by atoms with E-state index in [0.29, 0.717) is 10.6 Å². The normalized spacial score (nSPS) is 10.6. The Bertz CT molecular complexity index is 437. The molecule has 2 heterocycles. The van der Waals surface area contributed by atoms with Crippen LogP contribution in [0.2, 0.25) is 5.15 Å². The molecule has 6 heteroatoms. The number of nitrogens with zero attached hydrogens (tertiary/aromatic N) is 2. The van der Waals surface area contributed by atoms with Crippen LogP contribution in [0.5, 0.6) is 5.75 Å². The Kier molecular flexibility index (Phi) is 2.05. The summed E-state index contributed by atoms with van der Waals surface area (Å²) in [6.07, 6.45) is 1.25. The molecule has 0 aliphatic heterocycles. The van der Waals surface area contributed by atoms with Gasteiger partial charge in [-0.15, -0.1) is 0 Å². The van der Waals surface area contributed by atoms with Crippen molar-refractivity contribution in [3.8, 4) is 11.6 Å². The fraction of sp³-hybridized carbons (Fsp3) is 0. The highest BCUT2D eigenvalue weighted by molar-refractivity contribution is 9.10. The van der Waals surface area contributed by atoms with Crippen molar-refractivity contribution in [1.29, 1.82) is 0 Å². The lowest BCUT2D eigenvalue weighted by atomic mass is 10.6. The van der Waals surface area contributed by atoms with Gasteiger partial charge >= 0.3 is 0 Å². The van der Waals surface area contributed by atoms with E-state index >= 15 is 0 Å². The third kappa shape index (κ3) is 1.45. The van der Waals surface area contributed by atoms with Crippen LogP contribution in [-0.4, -0.2) is 14.9 Å². The van der Waals surface area contributed by atoms with Crippen molar-refractivity contribution < 1.29 is 9.52 Å². The van der Waals surface area contributed by atoms with Gasteiger partial charge in [0.05, 0.1) is 6.20 Å². The van der Waals surface area contributed by atoms with E-state index < -0.39 is 0 Å². The second-order valence-electron chi connectivity index (χ2n) is 2.31. The van der Waals surface area contributed by atoms with Crippen LogP contribution in [0.15, 0.2) is 27.4 Å². The summed E-state index contributed by atoms with van der Waals surface area (Å²) < 4.78 is 7.06. The highest BCUT2D eigenvalue weighted by atomic mass is 79.9. The number of hydrogen-bond donors (Lipinski definition) is 1. The number of rotatable bonds is 1. The van der Waals surface area contributed by atoms with Crippen molar-refractivity contribution in [1.82, 2.24) is 9.78 Å². The SMILES string of the molecule is Oc1cnn(-c2ccc(Br)o2)c1Cl. The van der Waals surface area contributed by atoms with Crippen LogP contribution >= 0.6 is 27.5 Å². The van der Waals surface area contributed by atoms with Crippen LogP contribution in [-0.2, 0) is 0 Å². The van der Waals surface area contributed by atoms with E-state index in [1.165, 1.54) is 10.9 Å². The molecule has 0 saturated carbocycles. The van der Waals surface area contributed by atoms with E-state index in [-0.39, 0.29) is 10.9 Å². The van der Waals surface area contributed by atoms with E-state index in [4.69, 9.17) is 21.1 Å². The fourth-order valence-electron chi connectivity index (χ4n) is 0.897. The van der Waals surface area contributed by atoms with E-state index in [1.807, 2.05) is 0 Å². The Labute approximate surface area is 86.9 Å². The number of aromatic nitrogens is 2. The van der Waals surface area contributed by atoms with E-state index in [0.717, 1.165) is 0 Å². The van der Waals surface area contributed by atoms with Crippen LogP contribution in [0.4, 0.5) is 0 Å². The second kappa shape index (κ2) is 3.08. The Morgan fingerprint density at radius 1 is 1.54 bits per heavy atom. The molecule has 0 saturated heterocycles. The molecule has 1 N–H and O–H groups in total. The molecule has 0 radical (unpaired) electrons. The first-order valence-corrected chi connectivity index (χ1v) is 4.54. The van der Waals surface area contributed by atoms with Crippen LogP contribution in [0, 0.1) is 0 Å². The predicted molar refractivity (Wildman–Crippen MR) is 50.2 cm³/mol. The Hall–Kier alpha value is -0.940. The van der Waals surface area contributed by atoms with Gasteiger partial charge in [0.1, 0.15) is 0 Å². The summed E-state index contributed by atoms with van der Waals surface area (Å²) in [6.45, 7) is 0. The molecule has 0 unspecified atom stereocenters. The summed E-state index contributed by atoms with van der Waals surface area (Å²) in [5.74, 6) is 0.367. The van der Waals surface area contributed by atoms with Crippen molar-refractivity contribution >= 4 is 27.5 Å². The van der Waals surface area contributed by atoms with E-state index in [9.17, 15) is 0 Å². The first kappa shape index (κ1) is 8.65. The molecule has 0 spiro atoms. The van der Waals surface area contributed by atoms with Crippen LogP contribution in [0.3, 0.4) is 0 Å². The molecule has 0 bridgehead atoms. The maximum atomic E-state index is 9.14. The molecule has 0 aromatic carbocycles. The minimum absolute atomic E-state index is 0.0748. The lowest BCUT2D eigenvalue weighted by molar-refractivity contribution is 0.472. The predicted octanol–water partition coefficient (Wildman–Crippen LogP) is 2.59. The van der Waals surface area contributed by atoms with E-state index in [2.05, 4.69) is 21.0 Å². The third-order valence-corrected chi connectivity index (χ3v) is 2.24. The summed E-state index contributed by atoms with van der Waals surface area (Å²) in [5, 5.41) is 13.1. The zero-order valence-corrected chi connectivity index (χ0v) is 8.58. The van der Waals surface area contributed by atoms with Crippen molar-refractivity contribution in [2.45, 2.75) is 0 Å². The molecule has 0 amide bonds. The molecule has 0 aliphatic carbocycles. The average molecular weight is 263 g/mol. The largest absolute Gasteiger partial charge is 0.504 e. The topological polar surface area (TPSA) is 51.2 Å². The van der Waals surface area contributed by atoms with Gasteiger partial charge < -0.3 is 9.52 Å². The first-order chi connectivity index (χ1) is 6.18. The third-order valence-electron chi connectivity index (χ3n) is 1.46. The van der Waals surface area contributed by atoms with Crippen molar-refractivity contribution in [3.63, 3.8) is 0 Å². The number of hydrogen-bond acceptors (Lipinski definition) is 3. The van der Waals surface area contributed by atoms with Gasteiger partial charge in [0, 0.05) is 6.07 Å². The lowest BCUT2D eigenvalue weighted by Crippen LogP contribution is -1.92. The maximum Gasteiger partial charge on any atom is 0.222 e. The summed E-state index contributed by atoms with van der Waals surface area (Å²) in [4.78, 5) is 0. The van der Waals surface area contributed by atoms with Crippen molar-refractivity contribution in [2.75, 3.05) is 0 Å². The van der Waals surface area contributed by atoms with Gasteiger partial charge in [-0.2, -0.15) is 9.78 Å². The van der Waals surface area contributed by atoms with Gasteiger partial charge in [0.15, 0.2) is 15.6 Å². The van der Waals surface area contributed by atoms with Crippen LogP contribution in [0.1, 0.15) is 0 Å². The summed E-state index contributed by atoms with van der Waals surface area (Å²) >= 11 is 8.88. The number of furan rings is 1. The minimum Gasteiger partial charge on any atom is -0.504 e. The monoisotopic (exact) mass is 262 g/mol.